The van der Waals surface area contributed by atoms with Gasteiger partial charge in [0.1, 0.15) is 22.9 Å². The van der Waals surface area contributed by atoms with E-state index >= 15 is 0 Å². The molecule has 0 aliphatic heterocycles. The second-order valence-corrected chi connectivity index (χ2v) is 8.63. The quantitative estimate of drug-likeness (QED) is 0.245. The van der Waals surface area contributed by atoms with Gasteiger partial charge < -0.3 is 19.9 Å². The first-order valence-corrected chi connectivity index (χ1v) is 11.2. The number of carbonyl (C=O) groups is 2. The number of methoxy groups -OCH3 is 2. The molecule has 3 aromatic rings. The number of carbonyl (C=O) groups excluding carboxylic acids is 2. The Hall–Kier alpha value is -2.95. The highest BCUT2D eigenvalue weighted by Gasteiger charge is 2.27. The van der Waals surface area contributed by atoms with Crippen LogP contribution in [0.2, 0.25) is 15.1 Å². The molecule has 190 valence electrons. The fourth-order valence-corrected chi connectivity index (χ4v) is 4.16. The molecule has 0 aliphatic rings. The molecule has 12 heteroatoms. The molecule has 0 unspecified atom stereocenters. The number of hydrogen-bond acceptors (Lipinski definition) is 5. The van der Waals surface area contributed by atoms with Crippen LogP contribution in [0.4, 0.5) is 13.6 Å². The zero-order chi connectivity index (χ0) is 26.7. The number of benzene rings is 3. The number of primary amides is 1. The van der Waals surface area contributed by atoms with Crippen molar-refractivity contribution in [3.63, 3.8) is 0 Å². The maximum atomic E-state index is 15.0. The zero-order valence-electron chi connectivity index (χ0n) is 19.0. The van der Waals surface area contributed by atoms with Crippen molar-refractivity contribution in [2.45, 2.75) is 13.2 Å². The van der Waals surface area contributed by atoms with Crippen LogP contribution in [0.25, 0.3) is 11.1 Å². The molecule has 0 spiro atoms. The van der Waals surface area contributed by atoms with Gasteiger partial charge >= 0.3 is 6.03 Å². The number of rotatable bonds is 7. The number of nitrogens with one attached hydrogen (secondary N) is 1. The normalized spacial score (nSPS) is 11.0. The molecule has 0 saturated carbocycles. The number of urea groups is 1. The van der Waals surface area contributed by atoms with Crippen molar-refractivity contribution < 1.29 is 32.6 Å². The van der Waals surface area contributed by atoms with Crippen LogP contribution in [-0.4, -0.2) is 26.2 Å². The van der Waals surface area contributed by atoms with Crippen molar-refractivity contribution in [3.8, 4) is 22.6 Å². The summed E-state index contributed by atoms with van der Waals surface area (Å²) in [5.74, 6) is -3.42. The van der Waals surface area contributed by atoms with Crippen LogP contribution in [-0.2, 0) is 9.47 Å². The van der Waals surface area contributed by atoms with Crippen LogP contribution in [0.3, 0.4) is 0 Å². The lowest BCUT2D eigenvalue weighted by Crippen LogP contribution is -2.36. The van der Waals surface area contributed by atoms with Gasteiger partial charge in [0.25, 0.3) is 5.91 Å². The van der Waals surface area contributed by atoms with Crippen LogP contribution < -0.4 is 15.8 Å². The van der Waals surface area contributed by atoms with Crippen molar-refractivity contribution in [2.75, 3.05) is 14.2 Å². The van der Waals surface area contributed by atoms with E-state index in [-0.39, 0.29) is 16.3 Å². The van der Waals surface area contributed by atoms with Crippen molar-refractivity contribution in [1.82, 2.24) is 5.32 Å². The number of nitrogens with two attached hydrogens (primary N) is 1. The van der Waals surface area contributed by atoms with E-state index in [1.54, 1.807) is 30.4 Å². The number of aryl methyl sites for hydroxylation is 1. The molecule has 0 aliphatic carbocycles. The second kappa shape index (κ2) is 11.4. The molecular weight excluding hydrogens is 541 g/mol. The fourth-order valence-electron chi connectivity index (χ4n) is 3.46. The molecule has 3 amide bonds. The Labute approximate surface area is 220 Å². The van der Waals surface area contributed by atoms with Gasteiger partial charge in [0.2, 0.25) is 0 Å². The summed E-state index contributed by atoms with van der Waals surface area (Å²) >= 11 is 18.4. The van der Waals surface area contributed by atoms with E-state index in [2.05, 4.69) is 0 Å². The molecule has 3 N–H and O–H groups in total. The third kappa shape index (κ3) is 5.71. The highest BCUT2D eigenvalue weighted by Crippen LogP contribution is 2.42. The number of imide groups is 1. The first-order chi connectivity index (χ1) is 17.0. The first kappa shape index (κ1) is 27.6. The molecule has 0 bridgehead atoms. The van der Waals surface area contributed by atoms with Crippen molar-refractivity contribution >= 4 is 46.7 Å². The summed E-state index contributed by atoms with van der Waals surface area (Å²) in [6, 6.07) is 7.37. The van der Waals surface area contributed by atoms with Gasteiger partial charge in [-0.1, -0.05) is 34.8 Å². The summed E-state index contributed by atoms with van der Waals surface area (Å²) in [6.07, 6.45) is -0.945. The van der Waals surface area contributed by atoms with Crippen molar-refractivity contribution in [3.05, 3.63) is 79.8 Å². The molecular formula is C24H19Cl3F2N2O5. The highest BCUT2D eigenvalue weighted by atomic mass is 35.5. The van der Waals surface area contributed by atoms with E-state index < -0.39 is 40.4 Å². The Balaban J connectivity index is 2.18. The van der Waals surface area contributed by atoms with Crippen molar-refractivity contribution in [1.29, 1.82) is 0 Å². The van der Waals surface area contributed by atoms with Gasteiger partial charge in [0.15, 0.2) is 12.1 Å². The minimum atomic E-state index is -1.37. The lowest BCUT2D eigenvalue weighted by Gasteiger charge is -2.21. The van der Waals surface area contributed by atoms with Gasteiger partial charge in [-0.15, -0.1) is 0 Å². The third-order valence-corrected chi connectivity index (χ3v) is 5.97. The third-order valence-electron chi connectivity index (χ3n) is 5.07. The van der Waals surface area contributed by atoms with E-state index in [0.717, 1.165) is 6.07 Å². The van der Waals surface area contributed by atoms with Gasteiger partial charge in [0, 0.05) is 24.8 Å². The standard InChI is InChI=1S/C24H19Cl3F2N2O5/c1-10-6-18(36-17-5-4-11(25)7-15(17)26)14(23(34-2)35-3)8-12(10)13-9-16(28)19(21(29)20(13)27)22(32)31-24(30)33/h4-9,23H,1-3H3,(H3,30,31,32,33). The lowest BCUT2D eigenvalue weighted by atomic mass is 9.95. The molecule has 0 fully saturated rings. The Morgan fingerprint density at radius 3 is 2.22 bits per heavy atom. The predicted octanol–water partition coefficient (Wildman–Crippen LogP) is 6.79. The van der Waals surface area contributed by atoms with E-state index in [1.165, 1.54) is 26.4 Å². The summed E-state index contributed by atoms with van der Waals surface area (Å²) in [5, 5.41) is 1.72. The summed E-state index contributed by atoms with van der Waals surface area (Å²) in [7, 11) is 2.79. The fraction of sp³-hybridized carbons (Fsp3) is 0.167. The molecule has 0 heterocycles. The number of ether oxygens (including phenoxy) is 3. The average Bonchev–Trinajstić information content (AvgIpc) is 2.80. The number of halogens is 5. The molecule has 36 heavy (non-hydrogen) atoms. The summed E-state index contributed by atoms with van der Waals surface area (Å²) in [4.78, 5) is 23.0. The monoisotopic (exact) mass is 558 g/mol. The molecule has 0 aromatic heterocycles. The topological polar surface area (TPSA) is 99.9 Å². The van der Waals surface area contributed by atoms with Gasteiger partial charge in [-0.2, -0.15) is 0 Å². The maximum absolute atomic E-state index is 15.0. The number of hydrogen-bond donors (Lipinski definition) is 2. The second-order valence-electron chi connectivity index (χ2n) is 7.41. The zero-order valence-corrected chi connectivity index (χ0v) is 21.3. The van der Waals surface area contributed by atoms with Crippen LogP contribution >= 0.6 is 34.8 Å². The molecule has 3 aromatic carbocycles. The summed E-state index contributed by atoms with van der Waals surface area (Å²) in [6.45, 7) is 1.66. The Morgan fingerprint density at radius 1 is 0.972 bits per heavy atom. The van der Waals surface area contributed by atoms with E-state index in [1.807, 2.05) is 0 Å². The van der Waals surface area contributed by atoms with Gasteiger partial charge in [-0.3, -0.25) is 10.1 Å². The molecule has 0 saturated heterocycles. The Bertz CT molecular complexity index is 1350. The molecule has 7 nitrogen and oxygen atoms in total. The SMILES string of the molecule is COC(OC)c1cc(-c2cc(F)c(C(=O)NC(N)=O)c(F)c2Cl)c(C)cc1Oc1ccc(Cl)cc1Cl. The molecule has 3 rings (SSSR count). The summed E-state index contributed by atoms with van der Waals surface area (Å²) < 4.78 is 46.6. The van der Waals surface area contributed by atoms with Crippen molar-refractivity contribution in [2.24, 2.45) is 5.73 Å². The van der Waals surface area contributed by atoms with Crippen LogP contribution in [0.5, 0.6) is 11.5 Å². The van der Waals surface area contributed by atoms with E-state index in [9.17, 15) is 18.4 Å². The van der Waals surface area contributed by atoms with Crippen LogP contribution in [0.1, 0.15) is 27.8 Å². The smallest absolute Gasteiger partial charge is 0.319 e. The number of amides is 3. The van der Waals surface area contributed by atoms with Gasteiger partial charge in [0.05, 0.1) is 15.6 Å². The first-order valence-electron chi connectivity index (χ1n) is 10.1. The highest BCUT2D eigenvalue weighted by molar-refractivity contribution is 6.35. The minimum absolute atomic E-state index is 0.0666. The average molecular weight is 560 g/mol. The predicted molar refractivity (Wildman–Crippen MR) is 132 cm³/mol. The maximum Gasteiger partial charge on any atom is 0.319 e. The van der Waals surface area contributed by atoms with Crippen LogP contribution in [0.15, 0.2) is 36.4 Å². The largest absolute Gasteiger partial charge is 0.455 e. The molecule has 0 radical (unpaired) electrons. The van der Waals surface area contributed by atoms with Gasteiger partial charge in [-0.25, -0.2) is 13.6 Å². The van der Waals surface area contributed by atoms with Gasteiger partial charge in [-0.05, 0) is 54.4 Å². The minimum Gasteiger partial charge on any atom is -0.455 e. The Morgan fingerprint density at radius 2 is 1.64 bits per heavy atom. The summed E-state index contributed by atoms with van der Waals surface area (Å²) in [5.41, 5.74) is 4.89. The van der Waals surface area contributed by atoms with Crippen LogP contribution in [0, 0.1) is 18.6 Å². The lowest BCUT2D eigenvalue weighted by molar-refractivity contribution is -0.106. The molecule has 0 atom stereocenters. The van der Waals surface area contributed by atoms with E-state index in [0.29, 0.717) is 27.5 Å². The Kier molecular flexibility index (Phi) is 8.76. The van der Waals surface area contributed by atoms with E-state index in [4.69, 9.17) is 54.7 Å².